The normalized spacial score (nSPS) is 30.8. The summed E-state index contributed by atoms with van der Waals surface area (Å²) in [7, 11) is 1.76. The van der Waals surface area contributed by atoms with Crippen LogP contribution in [0.3, 0.4) is 0 Å². The van der Waals surface area contributed by atoms with Crippen molar-refractivity contribution in [1.29, 1.82) is 0 Å². The average Bonchev–Trinajstić information content (AvgIpc) is 4.23. The summed E-state index contributed by atoms with van der Waals surface area (Å²) in [6.07, 6.45) is 9.54. The quantitative estimate of drug-likeness (QED) is 0.132. The Morgan fingerprint density at radius 1 is 0.962 bits per heavy atom. The highest BCUT2D eigenvalue weighted by Gasteiger charge is 2.58. The molecule has 14 rings (SSSR count). The van der Waals surface area contributed by atoms with Crippen molar-refractivity contribution in [3.63, 3.8) is 0 Å². The molecule has 6 atom stereocenters. The third kappa shape index (κ3) is 10.2. The van der Waals surface area contributed by atoms with Gasteiger partial charge in [-0.25, -0.2) is 10.4 Å². The summed E-state index contributed by atoms with van der Waals surface area (Å²) in [6.45, 7) is 22.0. The van der Waals surface area contributed by atoms with E-state index in [0.29, 0.717) is 77.8 Å². The highest BCUT2D eigenvalue weighted by Crippen LogP contribution is 2.48. The van der Waals surface area contributed by atoms with Crippen LogP contribution in [-0.2, 0) is 55.8 Å². The fourth-order valence-corrected chi connectivity index (χ4v) is 15.4. The van der Waals surface area contributed by atoms with E-state index in [1.165, 1.54) is 29.7 Å². The molecule has 79 heavy (non-hydrogen) atoms. The van der Waals surface area contributed by atoms with E-state index in [1.807, 2.05) is 13.8 Å². The number of cyclic esters (lactones) is 1. The van der Waals surface area contributed by atoms with Crippen molar-refractivity contribution < 1.29 is 42.8 Å². The van der Waals surface area contributed by atoms with Gasteiger partial charge in [-0.2, -0.15) is 0 Å². The highest BCUT2D eigenvalue weighted by atomic mass is 32.1. The molecule has 2 amide bonds. The van der Waals surface area contributed by atoms with Gasteiger partial charge in [0, 0.05) is 102 Å². The van der Waals surface area contributed by atoms with Gasteiger partial charge in [-0.15, -0.1) is 11.3 Å². The molecule has 0 unspecified atom stereocenters. The van der Waals surface area contributed by atoms with Crippen LogP contribution < -0.4 is 10.7 Å². The molecule has 8 bridgehead atoms. The molecule has 4 aromatic rings. The number of ether oxygens (including phenoxy) is 6. The second kappa shape index (κ2) is 20.5. The molecule has 11 heterocycles. The molecular formula is C61H82N8O9S. The molecule has 2 aliphatic carbocycles. The van der Waals surface area contributed by atoms with Crippen LogP contribution in [0.15, 0.2) is 35.8 Å². The molecule has 1 spiro atoms. The highest BCUT2D eigenvalue weighted by molar-refractivity contribution is 7.10. The van der Waals surface area contributed by atoms with Gasteiger partial charge in [-0.3, -0.25) is 29.3 Å². The number of carbonyl (C=O) groups is 3. The van der Waals surface area contributed by atoms with Gasteiger partial charge in [0.25, 0.3) is 5.91 Å². The lowest BCUT2D eigenvalue weighted by Crippen LogP contribution is -2.74. The minimum Gasteiger partial charge on any atom is -0.464 e. The SMILES string of the molecule is CO[C@@H](C)c1ncc(C2CCN(C3CC3)CC2)cc1-c1c2c3cc(ccc3n1CCO[C@H]1CCOC(C)(C)C1)-c1csc(n1)[C@@H](N1CC3(COC3)C1)[C@H](NC(=O)[C@@H]1OCC1(C)C)C(=O)N1N[C@H](C(=O)OCC(C)(C)C2)C2CC1C2. The van der Waals surface area contributed by atoms with Gasteiger partial charge < -0.3 is 43.2 Å². The molecule has 10 aliphatic rings. The monoisotopic (exact) mass is 1100 g/mol. The van der Waals surface area contributed by atoms with Gasteiger partial charge in [-0.1, -0.05) is 33.8 Å². The van der Waals surface area contributed by atoms with Crippen molar-refractivity contribution in [3.8, 4) is 22.5 Å². The minimum atomic E-state index is -1.04. The molecule has 17 nitrogen and oxygen atoms in total. The van der Waals surface area contributed by atoms with Crippen LogP contribution in [-0.4, -0.2) is 162 Å². The third-order valence-electron chi connectivity index (χ3n) is 19.3. The van der Waals surface area contributed by atoms with Crippen molar-refractivity contribution in [1.82, 2.24) is 40.1 Å². The number of likely N-dealkylation sites (tertiary alicyclic amines) is 2. The standard InChI is InChI=1S/C61H82N8O9S/c1-35(73-8)48-44(24-39(27-62-48)36-13-16-66(17-14-36)40-10-11-40)51-45-26-58(2,3)31-77-57(72)49-38-21-41(22-38)69(65-49)56(71)50(64-54(70)53-59(4,5)32-76-53)52(67-29-61(30-67)33-74-34-61)55-63-46(28-79-55)37-9-12-47(43(45)23-37)68(51)18-20-75-42-15-19-78-60(6,7)25-42/h9,12,23-24,27-28,35-36,38,40-42,49-50,52-53,65H,10-11,13-22,25-26,29-34H2,1-8H3,(H,64,70)/t35-,38?,41?,42-,49-,50-,52-,53-/m0/s1. The first kappa shape index (κ1) is 53.9. The Morgan fingerprint density at radius 3 is 2.43 bits per heavy atom. The van der Waals surface area contributed by atoms with Crippen LogP contribution in [0.25, 0.3) is 33.4 Å². The first-order chi connectivity index (χ1) is 37.9. The van der Waals surface area contributed by atoms with Crippen LogP contribution in [0.1, 0.15) is 140 Å². The number of benzene rings is 1. The average molecular weight is 1100 g/mol. The van der Waals surface area contributed by atoms with Crippen molar-refractivity contribution in [2.45, 2.75) is 173 Å². The molecule has 2 N–H and O–H groups in total. The van der Waals surface area contributed by atoms with E-state index in [9.17, 15) is 9.59 Å². The Balaban J connectivity index is 0.956. The Kier molecular flexibility index (Phi) is 14.0. The maximum atomic E-state index is 15.5. The molecule has 426 valence electrons. The first-order valence-electron chi connectivity index (χ1n) is 29.5. The first-order valence-corrected chi connectivity index (χ1v) is 30.4. The zero-order valence-corrected chi connectivity index (χ0v) is 48.5. The number of aromatic nitrogens is 3. The van der Waals surface area contributed by atoms with E-state index in [0.717, 1.165) is 94.5 Å². The van der Waals surface area contributed by atoms with E-state index in [2.05, 4.69) is 95.6 Å². The lowest BCUT2D eigenvalue weighted by Gasteiger charge is -2.58. The molecule has 0 radical (unpaired) electrons. The van der Waals surface area contributed by atoms with Crippen molar-refractivity contribution in [3.05, 3.63) is 57.7 Å². The summed E-state index contributed by atoms with van der Waals surface area (Å²) < 4.78 is 39.7. The smallest absolute Gasteiger partial charge is 0.325 e. The number of hydrazine groups is 1. The number of pyridine rings is 1. The summed E-state index contributed by atoms with van der Waals surface area (Å²) in [6, 6.07) is 7.34. The van der Waals surface area contributed by atoms with E-state index < -0.39 is 35.1 Å². The number of rotatable bonds is 12. The summed E-state index contributed by atoms with van der Waals surface area (Å²) in [5.41, 5.74) is 10.4. The topological polar surface area (TPSA) is 171 Å². The van der Waals surface area contributed by atoms with E-state index in [1.54, 1.807) is 12.1 Å². The third-order valence-corrected chi connectivity index (χ3v) is 20.2. The second-order valence-electron chi connectivity index (χ2n) is 27.2. The number of hydrogen-bond donors (Lipinski definition) is 2. The molecule has 1 aromatic carbocycles. The number of thiazole rings is 1. The van der Waals surface area contributed by atoms with Gasteiger partial charge in [0.15, 0.2) is 0 Å². The molecule has 7 saturated heterocycles. The number of hydrogen-bond acceptors (Lipinski definition) is 15. The summed E-state index contributed by atoms with van der Waals surface area (Å²) >= 11 is 1.52. The lowest BCUT2D eigenvalue weighted by molar-refractivity contribution is -0.205. The van der Waals surface area contributed by atoms with Gasteiger partial charge >= 0.3 is 5.97 Å². The fraction of sp³-hybridized carbons (Fsp3) is 0.689. The lowest BCUT2D eigenvalue weighted by atomic mass is 9.72. The Morgan fingerprint density at radius 2 is 1.75 bits per heavy atom. The minimum absolute atomic E-state index is 0.00165. The van der Waals surface area contributed by atoms with Gasteiger partial charge in [0.1, 0.15) is 23.2 Å². The predicted molar refractivity (Wildman–Crippen MR) is 299 cm³/mol. The number of carbonyl (C=O) groups excluding carboxylic acids is 3. The molecule has 3 aromatic heterocycles. The summed E-state index contributed by atoms with van der Waals surface area (Å²) in [5.74, 6) is -0.611. The Bertz CT molecular complexity index is 2980. The number of nitrogens with zero attached hydrogens (tertiary/aromatic N) is 6. The van der Waals surface area contributed by atoms with Crippen LogP contribution in [0, 0.1) is 22.2 Å². The summed E-state index contributed by atoms with van der Waals surface area (Å²) in [4.78, 5) is 60.4. The van der Waals surface area contributed by atoms with Crippen LogP contribution in [0.5, 0.6) is 0 Å². The summed E-state index contributed by atoms with van der Waals surface area (Å²) in [5, 5.41) is 8.80. The van der Waals surface area contributed by atoms with Crippen molar-refractivity contribution in [2.24, 2.45) is 22.2 Å². The zero-order chi connectivity index (χ0) is 54.8. The number of esters is 1. The fourth-order valence-electron chi connectivity index (χ4n) is 14.4. The van der Waals surface area contributed by atoms with Crippen LogP contribution >= 0.6 is 11.3 Å². The van der Waals surface area contributed by atoms with Crippen molar-refractivity contribution >= 4 is 40.0 Å². The van der Waals surface area contributed by atoms with Crippen LogP contribution in [0.2, 0.25) is 0 Å². The second-order valence-corrected chi connectivity index (χ2v) is 28.0. The van der Waals surface area contributed by atoms with Crippen LogP contribution in [0.4, 0.5) is 0 Å². The Hall–Kier alpha value is -4.37. The molecular weight excluding hydrogens is 1020 g/mol. The van der Waals surface area contributed by atoms with Gasteiger partial charge in [0.2, 0.25) is 5.91 Å². The Labute approximate surface area is 469 Å². The number of methoxy groups -OCH3 is 1. The maximum Gasteiger partial charge on any atom is 0.325 e. The molecule has 18 heteroatoms. The maximum absolute atomic E-state index is 15.5. The molecule has 9 fully saturated rings. The molecule has 8 aliphatic heterocycles. The number of amides is 2. The van der Waals surface area contributed by atoms with Crippen molar-refractivity contribution in [2.75, 3.05) is 72.9 Å². The number of fused-ring (bicyclic) bond motifs is 4. The van der Waals surface area contributed by atoms with Gasteiger partial charge in [-0.05, 0) is 126 Å². The predicted octanol–water partition coefficient (Wildman–Crippen LogP) is 7.75. The zero-order valence-electron chi connectivity index (χ0n) is 47.6. The number of nitrogens with one attached hydrogen (secondary N) is 2. The number of piperidine rings is 1. The molecule has 2 saturated carbocycles. The van der Waals surface area contributed by atoms with E-state index in [-0.39, 0.29) is 59.6 Å². The van der Waals surface area contributed by atoms with Gasteiger partial charge in [0.05, 0.1) is 74.0 Å². The largest absolute Gasteiger partial charge is 0.464 e. The van der Waals surface area contributed by atoms with E-state index >= 15 is 4.79 Å². The van der Waals surface area contributed by atoms with E-state index in [4.69, 9.17) is 38.4 Å².